The molecule has 10 heteroatoms. The maximum Gasteiger partial charge on any atom is 0.255 e. The highest BCUT2D eigenvalue weighted by Gasteiger charge is 2.36. The molecule has 1 atom stereocenters. The fourth-order valence-corrected chi connectivity index (χ4v) is 4.44. The van der Waals surface area contributed by atoms with E-state index in [4.69, 9.17) is 19.3 Å². The van der Waals surface area contributed by atoms with E-state index in [-0.39, 0.29) is 11.7 Å². The molecule has 0 bridgehead atoms. The summed E-state index contributed by atoms with van der Waals surface area (Å²) in [5.41, 5.74) is 2.77. The van der Waals surface area contributed by atoms with Crippen LogP contribution in [-0.2, 0) is 4.79 Å². The number of nitrogens with one attached hydrogen (secondary N) is 2. The third kappa shape index (κ3) is 4.52. The predicted molar refractivity (Wildman–Crippen MR) is 141 cm³/mol. The summed E-state index contributed by atoms with van der Waals surface area (Å²) in [5.74, 6) is 1.73. The first-order valence-electron chi connectivity index (χ1n) is 11.8. The number of halogens is 1. The molecule has 0 aliphatic carbocycles. The summed E-state index contributed by atoms with van der Waals surface area (Å²) in [7, 11) is 4.67. The minimum Gasteiger partial charge on any atom is -0.497 e. The summed E-state index contributed by atoms with van der Waals surface area (Å²) in [5, 5.41) is 10.9. The smallest absolute Gasteiger partial charge is 0.255 e. The van der Waals surface area contributed by atoms with Crippen molar-refractivity contribution in [3.8, 4) is 28.6 Å². The number of rotatable bonds is 7. The lowest BCUT2D eigenvalue weighted by Gasteiger charge is -2.29. The molecule has 4 aromatic rings. The Morgan fingerprint density at radius 1 is 0.974 bits per heavy atom. The fraction of sp³-hybridized carbons (Fsp3) is 0.179. The van der Waals surface area contributed by atoms with E-state index in [0.29, 0.717) is 57.1 Å². The number of aromatic nitrogens is 3. The van der Waals surface area contributed by atoms with Crippen LogP contribution in [0.5, 0.6) is 17.2 Å². The van der Waals surface area contributed by atoms with Crippen molar-refractivity contribution in [3.05, 3.63) is 89.4 Å². The molecule has 5 rings (SSSR count). The Hall–Kier alpha value is -4.86. The van der Waals surface area contributed by atoms with Crippen LogP contribution in [0.1, 0.15) is 18.5 Å². The van der Waals surface area contributed by atoms with Gasteiger partial charge in [-0.05, 0) is 61.5 Å². The molecule has 194 valence electrons. The van der Waals surface area contributed by atoms with Crippen LogP contribution in [0.3, 0.4) is 0 Å². The van der Waals surface area contributed by atoms with Gasteiger partial charge in [-0.1, -0.05) is 12.1 Å². The molecule has 1 aliphatic rings. The lowest BCUT2D eigenvalue weighted by atomic mass is 9.94. The van der Waals surface area contributed by atoms with Crippen molar-refractivity contribution in [1.29, 1.82) is 0 Å². The molecule has 38 heavy (non-hydrogen) atoms. The van der Waals surface area contributed by atoms with Crippen LogP contribution < -0.4 is 24.8 Å². The third-order valence-electron chi connectivity index (χ3n) is 6.29. The van der Waals surface area contributed by atoms with E-state index < -0.39 is 6.04 Å². The standard InChI is InChI=1S/C28H26FN5O4/c1-16-24(27(35)31-21-7-5-6-8-23(21)38-4)25(20-15-19(36-2)13-14-22(20)37-3)34-28(30-16)32-26(33-34)17-9-11-18(29)12-10-17/h5-15,25H,1-4H3,(H,31,35)(H,30,32,33). The van der Waals surface area contributed by atoms with Gasteiger partial charge in [0, 0.05) is 16.8 Å². The number of allylic oxidation sites excluding steroid dienone is 1. The number of benzene rings is 3. The summed E-state index contributed by atoms with van der Waals surface area (Å²) >= 11 is 0. The predicted octanol–water partition coefficient (Wildman–Crippen LogP) is 5.04. The average molecular weight is 516 g/mol. The monoisotopic (exact) mass is 515 g/mol. The molecule has 0 fully saturated rings. The van der Waals surface area contributed by atoms with Crippen molar-refractivity contribution in [2.45, 2.75) is 13.0 Å². The van der Waals surface area contributed by atoms with Crippen molar-refractivity contribution >= 4 is 17.5 Å². The second-order valence-electron chi connectivity index (χ2n) is 8.54. The van der Waals surface area contributed by atoms with Gasteiger partial charge in [-0.25, -0.2) is 9.07 Å². The van der Waals surface area contributed by atoms with Crippen molar-refractivity contribution in [2.24, 2.45) is 0 Å². The first-order chi connectivity index (χ1) is 18.4. The molecule has 1 aliphatic heterocycles. The Bertz CT molecular complexity index is 1530. The molecule has 9 nitrogen and oxygen atoms in total. The van der Waals surface area contributed by atoms with E-state index in [0.717, 1.165) is 0 Å². The molecule has 0 spiro atoms. The van der Waals surface area contributed by atoms with Gasteiger partial charge in [-0.2, -0.15) is 4.98 Å². The zero-order valence-electron chi connectivity index (χ0n) is 21.3. The zero-order valence-corrected chi connectivity index (χ0v) is 21.3. The van der Waals surface area contributed by atoms with Gasteiger partial charge in [0.2, 0.25) is 5.95 Å². The van der Waals surface area contributed by atoms with Crippen molar-refractivity contribution in [2.75, 3.05) is 32.0 Å². The van der Waals surface area contributed by atoms with Crippen LogP contribution in [0.4, 0.5) is 16.0 Å². The van der Waals surface area contributed by atoms with E-state index in [1.807, 2.05) is 18.2 Å². The quantitative estimate of drug-likeness (QED) is 0.356. The summed E-state index contributed by atoms with van der Waals surface area (Å²) in [6.07, 6.45) is 0. The Morgan fingerprint density at radius 3 is 2.42 bits per heavy atom. The summed E-state index contributed by atoms with van der Waals surface area (Å²) in [6.45, 7) is 1.80. The number of carbonyl (C=O) groups is 1. The normalized spacial score (nSPS) is 14.4. The number of hydrogen-bond acceptors (Lipinski definition) is 7. The largest absolute Gasteiger partial charge is 0.497 e. The third-order valence-corrected chi connectivity index (χ3v) is 6.29. The fourth-order valence-electron chi connectivity index (χ4n) is 4.44. The lowest BCUT2D eigenvalue weighted by Crippen LogP contribution is -2.31. The van der Waals surface area contributed by atoms with Gasteiger partial charge >= 0.3 is 0 Å². The van der Waals surface area contributed by atoms with Gasteiger partial charge in [0.15, 0.2) is 5.82 Å². The number of para-hydroxylation sites is 2. The highest BCUT2D eigenvalue weighted by Crippen LogP contribution is 2.42. The van der Waals surface area contributed by atoms with Gasteiger partial charge in [0.25, 0.3) is 5.91 Å². The first-order valence-corrected chi connectivity index (χ1v) is 11.8. The Balaban J connectivity index is 1.66. The highest BCUT2D eigenvalue weighted by atomic mass is 19.1. The van der Waals surface area contributed by atoms with Crippen LogP contribution >= 0.6 is 0 Å². The first kappa shape index (κ1) is 24.8. The Kier molecular flexibility index (Phi) is 6.69. The number of carbonyl (C=O) groups excluding carboxylic acids is 1. The van der Waals surface area contributed by atoms with Gasteiger partial charge < -0.3 is 24.8 Å². The number of fused-ring (bicyclic) bond motifs is 1. The van der Waals surface area contributed by atoms with E-state index in [2.05, 4.69) is 15.6 Å². The van der Waals surface area contributed by atoms with E-state index in [1.165, 1.54) is 12.1 Å². The number of hydrogen-bond donors (Lipinski definition) is 2. The molecular weight excluding hydrogens is 489 g/mol. The van der Waals surface area contributed by atoms with Crippen LogP contribution in [-0.4, -0.2) is 42.0 Å². The molecule has 2 N–H and O–H groups in total. The van der Waals surface area contributed by atoms with Crippen LogP contribution in [0.25, 0.3) is 11.4 Å². The van der Waals surface area contributed by atoms with Crippen molar-refractivity contribution < 1.29 is 23.4 Å². The van der Waals surface area contributed by atoms with E-state index in [1.54, 1.807) is 69.3 Å². The molecule has 2 heterocycles. The Morgan fingerprint density at radius 2 is 1.71 bits per heavy atom. The summed E-state index contributed by atoms with van der Waals surface area (Å²) < 4.78 is 31.8. The van der Waals surface area contributed by atoms with Gasteiger partial charge in [0.1, 0.15) is 29.1 Å². The zero-order chi connectivity index (χ0) is 26.8. The number of amides is 1. The molecule has 0 saturated carbocycles. The molecule has 1 amide bonds. The highest BCUT2D eigenvalue weighted by molar-refractivity contribution is 6.06. The molecule has 0 radical (unpaired) electrons. The average Bonchev–Trinajstić information content (AvgIpc) is 3.36. The second-order valence-corrected chi connectivity index (χ2v) is 8.54. The summed E-state index contributed by atoms with van der Waals surface area (Å²) in [4.78, 5) is 18.5. The minimum atomic E-state index is -0.729. The number of ether oxygens (including phenoxy) is 3. The van der Waals surface area contributed by atoms with E-state index >= 15 is 0 Å². The Labute approximate surface area is 218 Å². The maximum atomic E-state index is 13.9. The number of methoxy groups -OCH3 is 3. The van der Waals surface area contributed by atoms with Gasteiger partial charge in [-0.3, -0.25) is 4.79 Å². The van der Waals surface area contributed by atoms with Crippen molar-refractivity contribution in [3.63, 3.8) is 0 Å². The molecule has 0 saturated heterocycles. The molecule has 1 aromatic heterocycles. The van der Waals surface area contributed by atoms with Gasteiger partial charge in [-0.15, -0.1) is 5.10 Å². The van der Waals surface area contributed by atoms with Crippen LogP contribution in [0.15, 0.2) is 78.0 Å². The van der Waals surface area contributed by atoms with E-state index in [9.17, 15) is 9.18 Å². The number of nitrogens with zero attached hydrogens (tertiary/aromatic N) is 3. The van der Waals surface area contributed by atoms with Crippen LogP contribution in [0.2, 0.25) is 0 Å². The van der Waals surface area contributed by atoms with Crippen LogP contribution in [0, 0.1) is 5.82 Å². The molecule has 1 unspecified atom stereocenters. The van der Waals surface area contributed by atoms with Gasteiger partial charge in [0.05, 0.1) is 32.6 Å². The molecule has 3 aromatic carbocycles. The minimum absolute atomic E-state index is 0.359. The van der Waals surface area contributed by atoms with Crippen molar-refractivity contribution in [1.82, 2.24) is 14.8 Å². The lowest BCUT2D eigenvalue weighted by molar-refractivity contribution is -0.113. The maximum absolute atomic E-state index is 13.9. The number of anilines is 2. The second kappa shape index (κ2) is 10.3. The topological polar surface area (TPSA) is 99.5 Å². The SMILES string of the molecule is COc1ccc(OC)c(C2C(C(=O)Nc3ccccc3OC)=C(C)Nc3nc(-c4ccc(F)cc4)nn32)c1. The summed E-state index contributed by atoms with van der Waals surface area (Å²) in [6, 6.07) is 17.7. The molecular formula is C28H26FN5O4.